The first kappa shape index (κ1) is 25.0. The second-order valence-electron chi connectivity index (χ2n) is 8.70. The van der Waals surface area contributed by atoms with E-state index in [4.69, 9.17) is 13.6 Å². The summed E-state index contributed by atoms with van der Waals surface area (Å²) in [5, 5.41) is 24.7. The topological polar surface area (TPSA) is 132 Å². The van der Waals surface area contributed by atoms with Crippen molar-refractivity contribution in [2.24, 2.45) is 10.2 Å². The van der Waals surface area contributed by atoms with Crippen LogP contribution in [0.5, 0.6) is 11.5 Å². The molecule has 0 spiro atoms. The number of hydrogen-bond acceptors (Lipinski definition) is 10. The van der Waals surface area contributed by atoms with Crippen LogP contribution in [0.2, 0.25) is 0 Å². The molecule has 0 saturated heterocycles. The number of para-hydroxylation sites is 2. The van der Waals surface area contributed by atoms with Gasteiger partial charge in [-0.05, 0) is 31.2 Å². The number of aromatic nitrogens is 2. The fourth-order valence-corrected chi connectivity index (χ4v) is 5.07. The van der Waals surface area contributed by atoms with Gasteiger partial charge in [0.25, 0.3) is 5.78 Å². The zero-order valence-electron chi connectivity index (χ0n) is 21.2. The lowest BCUT2D eigenvalue weighted by atomic mass is 10.1. The SMILES string of the molecule is COc1c(/C=N/N=c2sc(C(=O)c3cc4ccccc4o3)nn2-c2ccccc2)c(O)cc2oc(C)cc(=O)c12. The number of ether oxygens (including phenoxy) is 1. The minimum Gasteiger partial charge on any atom is -0.507 e. The number of carbonyl (C=O) groups excluding carboxylic acids is 1. The Morgan fingerprint density at radius 2 is 1.82 bits per heavy atom. The van der Waals surface area contributed by atoms with E-state index in [9.17, 15) is 14.7 Å². The van der Waals surface area contributed by atoms with Gasteiger partial charge in [0, 0.05) is 17.5 Å². The predicted octanol–water partition coefficient (Wildman–Crippen LogP) is 4.97. The molecule has 0 unspecified atom stereocenters. The molecule has 0 aliphatic carbocycles. The second-order valence-corrected chi connectivity index (χ2v) is 9.65. The standard InChI is InChI=1S/C29H20N4O6S/c1-16-12-21(35)25-23(38-16)14-20(34)19(27(25)37-2)15-30-31-29-33(18-9-4-3-5-10-18)32-28(40-29)26(36)24-13-17-8-6-7-11-22(17)39-24/h3-15,34H,1-2H3/b30-15+,31-29?. The van der Waals surface area contributed by atoms with Crippen LogP contribution in [0.4, 0.5) is 0 Å². The van der Waals surface area contributed by atoms with E-state index in [1.165, 1.54) is 30.1 Å². The average molecular weight is 553 g/mol. The summed E-state index contributed by atoms with van der Waals surface area (Å²) in [6, 6.07) is 20.8. The number of furan rings is 1. The van der Waals surface area contributed by atoms with Crippen LogP contribution < -0.4 is 15.0 Å². The van der Waals surface area contributed by atoms with Crippen molar-refractivity contribution in [3.05, 3.63) is 110 Å². The van der Waals surface area contributed by atoms with E-state index < -0.39 is 5.78 Å². The molecule has 0 amide bonds. The zero-order valence-corrected chi connectivity index (χ0v) is 22.0. The van der Waals surface area contributed by atoms with Crippen LogP contribution in [0.3, 0.4) is 0 Å². The summed E-state index contributed by atoms with van der Waals surface area (Å²) >= 11 is 1.03. The van der Waals surface area contributed by atoms with Crippen molar-refractivity contribution in [3.8, 4) is 17.2 Å². The Balaban J connectivity index is 1.45. The normalized spacial score (nSPS) is 12.1. The number of hydrogen-bond donors (Lipinski definition) is 1. The van der Waals surface area contributed by atoms with Crippen LogP contribution in [0.1, 0.15) is 26.9 Å². The zero-order chi connectivity index (χ0) is 27.8. The van der Waals surface area contributed by atoms with Gasteiger partial charge >= 0.3 is 0 Å². The Kier molecular flexibility index (Phi) is 6.33. The van der Waals surface area contributed by atoms with Gasteiger partial charge in [-0.1, -0.05) is 47.7 Å². The van der Waals surface area contributed by atoms with Gasteiger partial charge < -0.3 is 18.7 Å². The van der Waals surface area contributed by atoms with Crippen LogP contribution >= 0.6 is 11.3 Å². The number of ketones is 1. The number of nitrogens with zero attached hydrogens (tertiary/aromatic N) is 4. The predicted molar refractivity (Wildman–Crippen MR) is 150 cm³/mol. The third-order valence-electron chi connectivity index (χ3n) is 6.05. The van der Waals surface area contributed by atoms with E-state index in [1.54, 1.807) is 19.1 Å². The molecule has 11 heteroatoms. The molecule has 1 N–H and O–H groups in total. The molecule has 10 nitrogen and oxygen atoms in total. The first-order valence-electron chi connectivity index (χ1n) is 12.0. The molecule has 0 aliphatic heterocycles. The van der Waals surface area contributed by atoms with Gasteiger partial charge in [0.05, 0.1) is 24.6 Å². The Morgan fingerprint density at radius 1 is 1.05 bits per heavy atom. The summed E-state index contributed by atoms with van der Waals surface area (Å²) in [4.78, 5) is 26.2. The number of phenolic OH excluding ortho intramolecular Hbond substituents is 1. The highest BCUT2D eigenvalue weighted by Gasteiger charge is 2.21. The summed E-state index contributed by atoms with van der Waals surface area (Å²) in [5.41, 5.74) is 1.27. The van der Waals surface area contributed by atoms with Crippen LogP contribution in [0, 0.1) is 6.92 Å². The Morgan fingerprint density at radius 3 is 2.60 bits per heavy atom. The van der Waals surface area contributed by atoms with E-state index >= 15 is 0 Å². The van der Waals surface area contributed by atoms with Gasteiger partial charge in [0.1, 0.15) is 33.8 Å². The number of rotatable bonds is 6. The monoisotopic (exact) mass is 552 g/mol. The van der Waals surface area contributed by atoms with Crippen molar-refractivity contribution >= 4 is 45.3 Å². The fraction of sp³-hybridized carbons (Fsp3) is 0.0690. The second kappa shape index (κ2) is 10.1. The molecule has 3 aromatic heterocycles. The molecule has 198 valence electrons. The molecular weight excluding hydrogens is 532 g/mol. The first-order valence-corrected chi connectivity index (χ1v) is 12.8. The number of aryl methyl sites for hydroxylation is 1. The molecule has 0 fully saturated rings. The quantitative estimate of drug-likeness (QED) is 0.175. The van der Waals surface area contributed by atoms with Crippen molar-refractivity contribution in [2.45, 2.75) is 6.92 Å². The lowest BCUT2D eigenvalue weighted by Gasteiger charge is -2.09. The Hall–Kier alpha value is -5.29. The van der Waals surface area contributed by atoms with Gasteiger partial charge in [-0.3, -0.25) is 9.59 Å². The van der Waals surface area contributed by atoms with Gasteiger partial charge in [-0.2, -0.15) is 10.2 Å². The molecule has 0 radical (unpaired) electrons. The highest BCUT2D eigenvalue weighted by Crippen LogP contribution is 2.34. The van der Waals surface area contributed by atoms with E-state index in [0.29, 0.717) is 17.0 Å². The molecule has 3 heterocycles. The van der Waals surface area contributed by atoms with Gasteiger partial charge in [0.2, 0.25) is 4.80 Å². The number of aromatic hydroxyl groups is 1. The minimum absolute atomic E-state index is 0.101. The highest BCUT2D eigenvalue weighted by atomic mass is 32.1. The average Bonchev–Trinajstić information content (AvgIpc) is 3.58. The van der Waals surface area contributed by atoms with E-state index in [0.717, 1.165) is 16.7 Å². The van der Waals surface area contributed by atoms with Crippen LogP contribution in [-0.2, 0) is 0 Å². The van der Waals surface area contributed by atoms with Crippen LogP contribution in [0.15, 0.2) is 96.6 Å². The van der Waals surface area contributed by atoms with E-state index in [-0.39, 0.29) is 49.0 Å². The molecule has 0 atom stereocenters. The molecule has 0 saturated carbocycles. The Labute approximate surface area is 229 Å². The third kappa shape index (κ3) is 4.48. The van der Waals surface area contributed by atoms with Gasteiger partial charge in [-0.25, -0.2) is 4.68 Å². The Bertz CT molecular complexity index is 2040. The summed E-state index contributed by atoms with van der Waals surface area (Å²) in [6.07, 6.45) is 1.27. The minimum atomic E-state index is -0.396. The number of benzene rings is 3. The van der Waals surface area contributed by atoms with Crippen molar-refractivity contribution in [3.63, 3.8) is 0 Å². The molecule has 6 aromatic rings. The van der Waals surface area contributed by atoms with Crippen molar-refractivity contribution in [1.29, 1.82) is 0 Å². The molecule has 3 aromatic carbocycles. The lowest BCUT2D eigenvalue weighted by Crippen LogP contribution is -2.14. The van der Waals surface area contributed by atoms with Crippen LogP contribution in [0.25, 0.3) is 27.6 Å². The van der Waals surface area contributed by atoms with Crippen molar-refractivity contribution in [1.82, 2.24) is 9.78 Å². The molecule has 0 bridgehead atoms. The summed E-state index contributed by atoms with van der Waals surface area (Å²) in [5.74, 6) is 0.0537. The van der Waals surface area contributed by atoms with Gasteiger partial charge in [-0.15, -0.1) is 5.10 Å². The third-order valence-corrected chi connectivity index (χ3v) is 6.95. The van der Waals surface area contributed by atoms with E-state index in [2.05, 4.69) is 15.3 Å². The fourth-order valence-electron chi connectivity index (χ4n) is 4.26. The summed E-state index contributed by atoms with van der Waals surface area (Å²) < 4.78 is 18.3. The largest absolute Gasteiger partial charge is 0.507 e. The maximum Gasteiger partial charge on any atom is 0.258 e. The van der Waals surface area contributed by atoms with Crippen LogP contribution in [-0.4, -0.2) is 34.0 Å². The maximum atomic E-state index is 13.3. The first-order chi connectivity index (χ1) is 19.4. The molecular formula is C29H20N4O6S. The molecule has 0 aliphatic rings. The summed E-state index contributed by atoms with van der Waals surface area (Å²) in [7, 11) is 1.38. The number of phenols is 1. The molecule has 40 heavy (non-hydrogen) atoms. The van der Waals surface area contributed by atoms with E-state index in [1.807, 2.05) is 48.5 Å². The lowest BCUT2D eigenvalue weighted by molar-refractivity contribution is 0.101. The van der Waals surface area contributed by atoms with Gasteiger partial charge in [0.15, 0.2) is 16.2 Å². The summed E-state index contributed by atoms with van der Waals surface area (Å²) in [6.45, 7) is 1.64. The molecule has 6 rings (SSSR count). The van der Waals surface area contributed by atoms with Crippen molar-refractivity contribution < 1.29 is 23.5 Å². The van der Waals surface area contributed by atoms with Crippen molar-refractivity contribution in [2.75, 3.05) is 7.11 Å². The number of methoxy groups -OCH3 is 1. The smallest absolute Gasteiger partial charge is 0.258 e. The number of carbonyl (C=O) groups is 1. The maximum absolute atomic E-state index is 13.3. The highest BCUT2D eigenvalue weighted by molar-refractivity contribution is 7.11. The number of fused-ring (bicyclic) bond motifs is 2.